The first kappa shape index (κ1) is 12.8. The van der Waals surface area contributed by atoms with E-state index in [1.807, 2.05) is 6.92 Å². The minimum atomic E-state index is -0.647. The zero-order chi connectivity index (χ0) is 12.5. The molecule has 0 radical (unpaired) electrons. The van der Waals surface area contributed by atoms with Crippen LogP contribution in [0.25, 0.3) is 0 Å². The topological polar surface area (TPSA) is 58.4 Å². The van der Waals surface area contributed by atoms with Gasteiger partial charge < -0.3 is 16.0 Å². The van der Waals surface area contributed by atoms with Gasteiger partial charge in [-0.3, -0.25) is 4.79 Å². The molecule has 0 spiro atoms. The van der Waals surface area contributed by atoms with Crippen molar-refractivity contribution in [2.75, 3.05) is 26.7 Å². The summed E-state index contributed by atoms with van der Waals surface area (Å²) < 4.78 is 0. The molecule has 0 bridgehead atoms. The van der Waals surface area contributed by atoms with Crippen LogP contribution in [-0.4, -0.2) is 43.0 Å². The number of hydrogen-bond donors (Lipinski definition) is 2. The zero-order valence-electron chi connectivity index (χ0n) is 11.0. The molecule has 4 nitrogen and oxygen atoms in total. The van der Waals surface area contributed by atoms with Gasteiger partial charge in [-0.15, -0.1) is 0 Å². The third kappa shape index (κ3) is 3.19. The summed E-state index contributed by atoms with van der Waals surface area (Å²) in [5.74, 6) is 1.07. The highest BCUT2D eigenvalue weighted by Crippen LogP contribution is 2.38. The van der Waals surface area contributed by atoms with Crippen LogP contribution in [0.1, 0.15) is 32.6 Å². The van der Waals surface area contributed by atoms with Crippen molar-refractivity contribution in [2.24, 2.45) is 17.6 Å². The number of nitrogens with zero attached hydrogens (tertiary/aromatic N) is 1. The van der Waals surface area contributed by atoms with Crippen molar-refractivity contribution in [1.29, 1.82) is 0 Å². The number of rotatable bonds is 4. The lowest BCUT2D eigenvalue weighted by atomic mass is 9.94. The molecule has 1 aliphatic carbocycles. The summed E-state index contributed by atoms with van der Waals surface area (Å²) in [4.78, 5) is 14.3. The average molecular weight is 239 g/mol. The van der Waals surface area contributed by atoms with Crippen LogP contribution in [0, 0.1) is 11.8 Å². The van der Waals surface area contributed by atoms with Crippen LogP contribution in [0.3, 0.4) is 0 Å². The number of nitrogens with one attached hydrogen (secondary N) is 1. The van der Waals surface area contributed by atoms with Crippen molar-refractivity contribution >= 4 is 5.91 Å². The third-order valence-electron chi connectivity index (χ3n) is 4.30. The summed E-state index contributed by atoms with van der Waals surface area (Å²) in [6, 6.07) is 0. The van der Waals surface area contributed by atoms with E-state index in [1.54, 1.807) is 0 Å². The average Bonchev–Trinajstić information content (AvgIpc) is 3.11. The molecule has 0 aromatic heterocycles. The molecular formula is C13H25N3O. The number of piperidine rings is 1. The second-order valence-corrected chi connectivity index (χ2v) is 6.01. The van der Waals surface area contributed by atoms with Crippen molar-refractivity contribution in [3.8, 4) is 0 Å². The summed E-state index contributed by atoms with van der Waals surface area (Å²) in [7, 11) is 2.15. The van der Waals surface area contributed by atoms with Crippen molar-refractivity contribution in [2.45, 2.75) is 38.1 Å². The lowest BCUT2D eigenvalue weighted by Crippen LogP contribution is -2.54. The molecule has 1 saturated carbocycles. The molecule has 1 saturated heterocycles. The molecule has 0 aromatic carbocycles. The first-order chi connectivity index (χ1) is 8.00. The van der Waals surface area contributed by atoms with E-state index in [4.69, 9.17) is 5.73 Å². The standard InChI is InChI=1S/C13H25N3O/c1-13(14,11-3-4-11)12(17)15-9-10-5-7-16(2)8-6-10/h10-11H,3-9,14H2,1-2H3,(H,15,17). The van der Waals surface area contributed by atoms with E-state index >= 15 is 0 Å². The molecule has 2 fully saturated rings. The Labute approximate surface area is 104 Å². The number of amides is 1. The smallest absolute Gasteiger partial charge is 0.240 e. The van der Waals surface area contributed by atoms with Crippen LogP contribution in [0.2, 0.25) is 0 Å². The number of hydrogen-bond acceptors (Lipinski definition) is 3. The maximum atomic E-state index is 12.0. The molecule has 4 heteroatoms. The van der Waals surface area contributed by atoms with E-state index in [1.165, 1.54) is 12.8 Å². The van der Waals surface area contributed by atoms with Crippen LogP contribution in [0.5, 0.6) is 0 Å². The first-order valence-corrected chi connectivity index (χ1v) is 6.76. The highest BCUT2D eigenvalue weighted by Gasteiger charge is 2.43. The molecule has 2 rings (SSSR count). The summed E-state index contributed by atoms with van der Waals surface area (Å²) in [6.07, 6.45) is 4.58. The summed E-state index contributed by atoms with van der Waals surface area (Å²) in [5.41, 5.74) is 5.44. The van der Waals surface area contributed by atoms with Gasteiger partial charge in [0.1, 0.15) is 0 Å². The van der Waals surface area contributed by atoms with E-state index in [-0.39, 0.29) is 5.91 Å². The van der Waals surface area contributed by atoms with Gasteiger partial charge in [-0.2, -0.15) is 0 Å². The first-order valence-electron chi connectivity index (χ1n) is 6.76. The Kier molecular flexibility index (Phi) is 3.73. The molecule has 1 aliphatic heterocycles. The highest BCUT2D eigenvalue weighted by molar-refractivity contribution is 5.86. The minimum absolute atomic E-state index is 0.0407. The molecule has 1 heterocycles. The van der Waals surface area contributed by atoms with Crippen LogP contribution in [0.4, 0.5) is 0 Å². The Morgan fingerprint density at radius 3 is 2.47 bits per heavy atom. The summed E-state index contributed by atoms with van der Waals surface area (Å²) in [6.45, 7) is 4.95. The SMILES string of the molecule is CN1CCC(CNC(=O)C(C)(N)C2CC2)CC1. The van der Waals surface area contributed by atoms with E-state index in [0.29, 0.717) is 11.8 Å². The predicted octanol–water partition coefficient (Wildman–Crippen LogP) is 0.572. The predicted molar refractivity (Wildman–Crippen MR) is 68.5 cm³/mol. The molecule has 98 valence electrons. The number of likely N-dealkylation sites (tertiary alicyclic amines) is 1. The van der Waals surface area contributed by atoms with E-state index < -0.39 is 5.54 Å². The van der Waals surface area contributed by atoms with Gasteiger partial charge in [0.2, 0.25) is 5.91 Å². The minimum Gasteiger partial charge on any atom is -0.354 e. The van der Waals surface area contributed by atoms with Crippen LogP contribution < -0.4 is 11.1 Å². The van der Waals surface area contributed by atoms with Gasteiger partial charge in [-0.05, 0) is 64.6 Å². The Bertz CT molecular complexity index is 278. The number of nitrogens with two attached hydrogens (primary N) is 1. The Hall–Kier alpha value is -0.610. The monoisotopic (exact) mass is 239 g/mol. The highest BCUT2D eigenvalue weighted by atomic mass is 16.2. The molecular weight excluding hydrogens is 214 g/mol. The lowest BCUT2D eigenvalue weighted by Gasteiger charge is -2.30. The fraction of sp³-hybridized carbons (Fsp3) is 0.923. The van der Waals surface area contributed by atoms with Gasteiger partial charge in [-0.25, -0.2) is 0 Å². The second kappa shape index (κ2) is 4.94. The Morgan fingerprint density at radius 1 is 1.35 bits per heavy atom. The maximum absolute atomic E-state index is 12.0. The van der Waals surface area contributed by atoms with E-state index in [9.17, 15) is 4.79 Å². The molecule has 1 unspecified atom stereocenters. The molecule has 2 aliphatic rings. The quantitative estimate of drug-likeness (QED) is 0.754. The Balaban J connectivity index is 1.72. The van der Waals surface area contributed by atoms with Crippen molar-refractivity contribution in [3.05, 3.63) is 0 Å². The number of carbonyl (C=O) groups is 1. The van der Waals surface area contributed by atoms with Gasteiger partial charge in [0.05, 0.1) is 5.54 Å². The summed E-state index contributed by atoms with van der Waals surface area (Å²) in [5, 5.41) is 3.05. The van der Waals surface area contributed by atoms with Crippen molar-refractivity contribution in [3.63, 3.8) is 0 Å². The van der Waals surface area contributed by atoms with Crippen LogP contribution >= 0.6 is 0 Å². The van der Waals surface area contributed by atoms with Gasteiger partial charge >= 0.3 is 0 Å². The second-order valence-electron chi connectivity index (χ2n) is 6.01. The lowest BCUT2D eigenvalue weighted by molar-refractivity contribution is -0.126. The Morgan fingerprint density at radius 2 is 1.94 bits per heavy atom. The molecule has 0 aromatic rings. The third-order valence-corrected chi connectivity index (χ3v) is 4.30. The van der Waals surface area contributed by atoms with Gasteiger partial charge in [0.15, 0.2) is 0 Å². The number of carbonyl (C=O) groups excluding carboxylic acids is 1. The largest absolute Gasteiger partial charge is 0.354 e. The molecule has 17 heavy (non-hydrogen) atoms. The van der Waals surface area contributed by atoms with Gasteiger partial charge in [0.25, 0.3) is 0 Å². The fourth-order valence-electron chi connectivity index (χ4n) is 2.56. The van der Waals surface area contributed by atoms with E-state index in [2.05, 4.69) is 17.3 Å². The van der Waals surface area contributed by atoms with Crippen LogP contribution in [0.15, 0.2) is 0 Å². The van der Waals surface area contributed by atoms with Crippen molar-refractivity contribution < 1.29 is 4.79 Å². The van der Waals surface area contributed by atoms with E-state index in [0.717, 1.165) is 32.5 Å². The fourth-order valence-corrected chi connectivity index (χ4v) is 2.56. The molecule has 1 atom stereocenters. The zero-order valence-corrected chi connectivity index (χ0v) is 11.0. The maximum Gasteiger partial charge on any atom is 0.240 e. The summed E-state index contributed by atoms with van der Waals surface area (Å²) >= 11 is 0. The normalized spacial score (nSPS) is 26.5. The molecule has 3 N–H and O–H groups in total. The van der Waals surface area contributed by atoms with Crippen LogP contribution in [-0.2, 0) is 4.79 Å². The van der Waals surface area contributed by atoms with Crippen molar-refractivity contribution in [1.82, 2.24) is 10.2 Å². The molecule has 1 amide bonds. The van der Waals surface area contributed by atoms with Gasteiger partial charge in [-0.1, -0.05) is 0 Å². The van der Waals surface area contributed by atoms with Gasteiger partial charge in [0, 0.05) is 6.54 Å².